The Balaban J connectivity index is 2.07. The largest absolute Gasteiger partial charge is 0.482 e. The fourth-order valence-electron chi connectivity index (χ4n) is 2.29. The molecule has 6 heteroatoms. The molecule has 2 aromatic rings. The van der Waals surface area contributed by atoms with E-state index in [1.165, 1.54) is 0 Å². The quantitative estimate of drug-likeness (QED) is 0.560. The molecule has 0 unspecified atom stereocenters. The maximum absolute atomic E-state index is 12.2. The molecule has 122 valence electrons. The summed E-state index contributed by atoms with van der Waals surface area (Å²) in [7, 11) is 0. The number of amides is 1. The third-order valence-electron chi connectivity index (χ3n) is 3.30. The van der Waals surface area contributed by atoms with Gasteiger partial charge in [0, 0.05) is 14.6 Å². The normalized spacial score (nSPS) is 10.5. The Morgan fingerprint density at radius 3 is 2.04 bits per heavy atom. The third-order valence-corrected chi connectivity index (χ3v) is 4.81. The van der Waals surface area contributed by atoms with Crippen LogP contribution in [0.15, 0.2) is 37.7 Å². The molecule has 0 atom stereocenters. The predicted molar refractivity (Wildman–Crippen MR) is 104 cm³/mol. The highest BCUT2D eigenvalue weighted by molar-refractivity contribution is 9.11. The van der Waals surface area contributed by atoms with Crippen molar-refractivity contribution in [1.82, 2.24) is 0 Å². The summed E-state index contributed by atoms with van der Waals surface area (Å²) in [5.74, 6) is 0.486. The Labute approximate surface area is 161 Å². The highest BCUT2D eigenvalue weighted by Crippen LogP contribution is 2.32. The lowest BCUT2D eigenvalue weighted by atomic mass is 10.1. The number of hydrogen-bond acceptors (Lipinski definition) is 2. The van der Waals surface area contributed by atoms with Crippen LogP contribution in [0.5, 0.6) is 5.75 Å². The summed E-state index contributed by atoms with van der Waals surface area (Å²) in [5, 5.41) is 2.92. The van der Waals surface area contributed by atoms with Crippen molar-refractivity contribution >= 4 is 59.4 Å². The van der Waals surface area contributed by atoms with E-state index >= 15 is 0 Å². The van der Waals surface area contributed by atoms with Gasteiger partial charge >= 0.3 is 0 Å². The SMILES string of the molecule is Cc1cc(Br)cc(C)c1NC(=O)COc1c(C)cc(Br)cc1Br. The van der Waals surface area contributed by atoms with Crippen molar-refractivity contribution < 1.29 is 9.53 Å². The molecule has 0 aliphatic carbocycles. The Hall–Kier alpha value is -0.850. The highest BCUT2D eigenvalue weighted by atomic mass is 79.9. The maximum Gasteiger partial charge on any atom is 0.262 e. The Morgan fingerprint density at radius 1 is 0.957 bits per heavy atom. The number of carbonyl (C=O) groups is 1. The van der Waals surface area contributed by atoms with Crippen molar-refractivity contribution in [1.29, 1.82) is 0 Å². The van der Waals surface area contributed by atoms with E-state index in [4.69, 9.17) is 4.74 Å². The van der Waals surface area contributed by atoms with Crippen LogP contribution in [0, 0.1) is 20.8 Å². The van der Waals surface area contributed by atoms with Gasteiger partial charge in [-0.2, -0.15) is 0 Å². The third kappa shape index (κ3) is 4.81. The van der Waals surface area contributed by atoms with Crippen LogP contribution in [0.3, 0.4) is 0 Å². The Morgan fingerprint density at radius 2 is 1.48 bits per heavy atom. The molecule has 2 rings (SSSR count). The van der Waals surface area contributed by atoms with Crippen molar-refractivity contribution in [3.8, 4) is 5.75 Å². The van der Waals surface area contributed by atoms with E-state index in [2.05, 4.69) is 53.1 Å². The lowest BCUT2D eigenvalue weighted by Crippen LogP contribution is -2.21. The molecule has 0 fully saturated rings. The van der Waals surface area contributed by atoms with Crippen LogP contribution < -0.4 is 10.1 Å². The standard InChI is InChI=1S/C17H16Br3NO2/c1-9-4-12(18)5-10(2)16(9)21-15(22)8-23-17-11(3)6-13(19)7-14(17)20/h4-7H,8H2,1-3H3,(H,21,22). The molecule has 3 nitrogen and oxygen atoms in total. The van der Waals surface area contributed by atoms with Crippen LogP contribution in [0.2, 0.25) is 0 Å². The first-order chi connectivity index (χ1) is 10.8. The van der Waals surface area contributed by atoms with Crippen molar-refractivity contribution in [2.45, 2.75) is 20.8 Å². The molecule has 0 saturated carbocycles. The second-order valence-corrected chi connectivity index (χ2v) is 7.97. The summed E-state index contributed by atoms with van der Waals surface area (Å²) < 4.78 is 8.44. The van der Waals surface area contributed by atoms with Gasteiger partial charge in [0.1, 0.15) is 5.75 Å². The lowest BCUT2D eigenvalue weighted by Gasteiger charge is -2.14. The zero-order valence-corrected chi connectivity index (χ0v) is 17.7. The molecule has 0 heterocycles. The van der Waals surface area contributed by atoms with Crippen LogP contribution in [0.1, 0.15) is 16.7 Å². The summed E-state index contributed by atoms with van der Waals surface area (Å²) in [4.78, 5) is 12.2. The number of anilines is 1. The number of hydrogen-bond donors (Lipinski definition) is 1. The number of aryl methyl sites for hydroxylation is 3. The molecular formula is C17H16Br3NO2. The second-order valence-electron chi connectivity index (χ2n) is 5.29. The molecule has 2 aromatic carbocycles. The first-order valence-corrected chi connectivity index (χ1v) is 9.31. The van der Waals surface area contributed by atoms with E-state index in [0.29, 0.717) is 5.75 Å². The van der Waals surface area contributed by atoms with Gasteiger partial charge in [0.05, 0.1) is 4.47 Å². The molecule has 0 radical (unpaired) electrons. The minimum atomic E-state index is -0.187. The molecule has 1 N–H and O–H groups in total. The molecule has 23 heavy (non-hydrogen) atoms. The average Bonchev–Trinajstić information content (AvgIpc) is 2.41. The van der Waals surface area contributed by atoms with E-state index < -0.39 is 0 Å². The Bertz CT molecular complexity index is 713. The summed E-state index contributed by atoms with van der Waals surface area (Å²) in [6, 6.07) is 7.78. The molecule has 0 aliphatic heterocycles. The second kappa shape index (κ2) is 7.81. The van der Waals surface area contributed by atoms with Crippen molar-refractivity contribution in [3.05, 3.63) is 54.4 Å². The van der Waals surface area contributed by atoms with Gasteiger partial charge in [-0.1, -0.05) is 31.9 Å². The molecular weight excluding hydrogens is 490 g/mol. The number of ether oxygens (including phenoxy) is 1. The number of rotatable bonds is 4. The van der Waals surface area contributed by atoms with E-state index in [9.17, 15) is 4.79 Å². The van der Waals surface area contributed by atoms with Crippen LogP contribution >= 0.6 is 47.8 Å². The molecule has 0 saturated heterocycles. The van der Waals surface area contributed by atoms with Crippen LogP contribution in [0.4, 0.5) is 5.69 Å². The Kier molecular flexibility index (Phi) is 6.28. The zero-order valence-electron chi connectivity index (χ0n) is 13.0. The van der Waals surface area contributed by atoms with Gasteiger partial charge in [-0.25, -0.2) is 0 Å². The molecule has 1 amide bonds. The van der Waals surface area contributed by atoms with Gasteiger partial charge < -0.3 is 10.1 Å². The highest BCUT2D eigenvalue weighted by Gasteiger charge is 2.12. The molecule has 0 aromatic heterocycles. The number of halogens is 3. The number of benzene rings is 2. The molecule has 0 spiro atoms. The number of carbonyl (C=O) groups excluding carboxylic acids is 1. The predicted octanol–water partition coefficient (Wildman–Crippen LogP) is 5.92. The van der Waals surface area contributed by atoms with E-state index in [-0.39, 0.29) is 12.5 Å². The van der Waals surface area contributed by atoms with Crippen molar-refractivity contribution in [2.24, 2.45) is 0 Å². The van der Waals surface area contributed by atoms with Gasteiger partial charge in [-0.05, 0) is 77.7 Å². The molecule has 0 bridgehead atoms. The van der Waals surface area contributed by atoms with Crippen molar-refractivity contribution in [2.75, 3.05) is 11.9 Å². The summed E-state index contributed by atoms with van der Waals surface area (Å²) in [6.07, 6.45) is 0. The first kappa shape index (κ1) is 18.5. The zero-order chi connectivity index (χ0) is 17.1. The van der Waals surface area contributed by atoms with Gasteiger partial charge in [0.2, 0.25) is 0 Å². The summed E-state index contributed by atoms with van der Waals surface area (Å²) in [5.41, 5.74) is 3.79. The van der Waals surface area contributed by atoms with Crippen LogP contribution in [-0.4, -0.2) is 12.5 Å². The van der Waals surface area contributed by atoms with E-state index in [1.807, 2.05) is 45.0 Å². The monoisotopic (exact) mass is 503 g/mol. The maximum atomic E-state index is 12.2. The topological polar surface area (TPSA) is 38.3 Å². The summed E-state index contributed by atoms with van der Waals surface area (Å²) >= 11 is 10.3. The lowest BCUT2D eigenvalue weighted by molar-refractivity contribution is -0.118. The summed E-state index contributed by atoms with van der Waals surface area (Å²) in [6.45, 7) is 5.81. The van der Waals surface area contributed by atoms with Gasteiger partial charge in [0.25, 0.3) is 5.91 Å². The minimum absolute atomic E-state index is 0.0456. The van der Waals surface area contributed by atoms with Crippen LogP contribution in [-0.2, 0) is 4.79 Å². The fraction of sp³-hybridized carbons (Fsp3) is 0.235. The van der Waals surface area contributed by atoms with Crippen LogP contribution in [0.25, 0.3) is 0 Å². The van der Waals surface area contributed by atoms with Gasteiger partial charge in [-0.15, -0.1) is 0 Å². The van der Waals surface area contributed by atoms with E-state index in [0.717, 1.165) is 35.8 Å². The van der Waals surface area contributed by atoms with E-state index in [1.54, 1.807) is 0 Å². The minimum Gasteiger partial charge on any atom is -0.482 e. The first-order valence-electron chi connectivity index (χ1n) is 6.93. The smallest absolute Gasteiger partial charge is 0.262 e. The molecule has 0 aliphatic rings. The van der Waals surface area contributed by atoms with Gasteiger partial charge in [-0.3, -0.25) is 4.79 Å². The van der Waals surface area contributed by atoms with Crippen molar-refractivity contribution in [3.63, 3.8) is 0 Å². The average molecular weight is 506 g/mol. The van der Waals surface area contributed by atoms with Gasteiger partial charge in [0.15, 0.2) is 6.61 Å². The fourth-order valence-corrected chi connectivity index (χ4v) is 4.53. The number of nitrogens with one attached hydrogen (secondary N) is 1.